The maximum Gasteiger partial charge on any atom is 0.0541 e. The van der Waals surface area contributed by atoms with Crippen LogP contribution in [0.5, 0.6) is 0 Å². The lowest BCUT2D eigenvalue weighted by Gasteiger charge is -2.17. The average molecular weight is 818 g/mol. The topological polar surface area (TPSA) is 14.8 Å². The molecule has 0 saturated heterocycles. The molecular weight excluding hydrogens is 775 g/mol. The Morgan fingerprint density at radius 3 is 1.12 bits per heavy atom. The van der Waals surface area contributed by atoms with Gasteiger partial charge in [-0.1, -0.05) is 153 Å². The van der Waals surface area contributed by atoms with E-state index >= 15 is 0 Å². The van der Waals surface area contributed by atoms with Crippen molar-refractivity contribution in [3.05, 3.63) is 230 Å². The van der Waals surface area contributed by atoms with Crippen molar-refractivity contribution in [1.29, 1.82) is 0 Å². The lowest BCUT2D eigenvalue weighted by Crippen LogP contribution is -2.03. The van der Waals surface area contributed by atoms with Crippen LogP contribution in [0.1, 0.15) is 30.5 Å². The van der Waals surface area contributed by atoms with Gasteiger partial charge >= 0.3 is 0 Å². The molecular formula is C61H43N3. The maximum absolute atomic E-state index is 2.44. The summed E-state index contributed by atoms with van der Waals surface area (Å²) in [6.07, 6.45) is 5.72. The first kappa shape index (κ1) is 36.5. The van der Waals surface area contributed by atoms with Crippen molar-refractivity contribution in [3.8, 4) is 50.4 Å². The SMILES string of the molecule is CC1CC=Cc2c1c1ccccc1n2-c1ccc(-c2cc(-c3ccc(-c4ccc(-n5c6ccccc6c6ccccc65)cc4)cc3)cc(-n3c4ccccc4c4ccccc43)c2)cc1. The highest BCUT2D eigenvalue weighted by Crippen LogP contribution is 2.41. The Kier molecular flexibility index (Phi) is 8.26. The van der Waals surface area contributed by atoms with E-state index in [9.17, 15) is 0 Å². The van der Waals surface area contributed by atoms with E-state index in [1.807, 2.05) is 0 Å². The molecule has 1 aliphatic rings. The van der Waals surface area contributed by atoms with Crippen molar-refractivity contribution in [2.45, 2.75) is 19.3 Å². The van der Waals surface area contributed by atoms with Gasteiger partial charge < -0.3 is 13.7 Å². The van der Waals surface area contributed by atoms with Crippen molar-refractivity contribution in [1.82, 2.24) is 13.7 Å². The molecule has 9 aromatic carbocycles. The number of nitrogens with zero attached hydrogens (tertiary/aromatic N) is 3. The van der Waals surface area contributed by atoms with E-state index in [0.717, 1.165) is 17.8 Å². The van der Waals surface area contributed by atoms with Crippen molar-refractivity contribution >= 4 is 60.6 Å². The number of hydrogen-bond donors (Lipinski definition) is 0. The molecule has 0 aliphatic heterocycles. The summed E-state index contributed by atoms with van der Waals surface area (Å²) in [4.78, 5) is 0. The van der Waals surface area contributed by atoms with Gasteiger partial charge in [0.1, 0.15) is 0 Å². The molecule has 1 atom stereocenters. The number of rotatable bonds is 6. The Bertz CT molecular complexity index is 3690. The molecule has 302 valence electrons. The molecule has 12 aromatic rings. The van der Waals surface area contributed by atoms with Crippen LogP contribution in [-0.2, 0) is 0 Å². The first-order chi connectivity index (χ1) is 31.7. The van der Waals surface area contributed by atoms with E-state index in [1.54, 1.807) is 0 Å². The monoisotopic (exact) mass is 817 g/mol. The van der Waals surface area contributed by atoms with Gasteiger partial charge in [0.05, 0.1) is 27.6 Å². The number of aromatic nitrogens is 3. The quantitative estimate of drug-likeness (QED) is 0.159. The summed E-state index contributed by atoms with van der Waals surface area (Å²) in [6, 6.07) is 78.2. The Morgan fingerprint density at radius 2 is 0.672 bits per heavy atom. The lowest BCUT2D eigenvalue weighted by atomic mass is 9.91. The highest BCUT2D eigenvalue weighted by molar-refractivity contribution is 6.10. The summed E-state index contributed by atoms with van der Waals surface area (Å²) in [5.41, 5.74) is 19.4. The minimum Gasteiger partial charge on any atom is -0.310 e. The average Bonchev–Trinajstić information content (AvgIpc) is 4.01. The fraction of sp³-hybridized carbons (Fsp3) is 0.0492. The van der Waals surface area contributed by atoms with Crippen molar-refractivity contribution in [2.24, 2.45) is 0 Å². The van der Waals surface area contributed by atoms with Crippen molar-refractivity contribution < 1.29 is 0 Å². The first-order valence-corrected chi connectivity index (χ1v) is 22.4. The van der Waals surface area contributed by atoms with Crippen molar-refractivity contribution in [2.75, 3.05) is 0 Å². The van der Waals surface area contributed by atoms with Crippen LogP contribution in [0.25, 0.3) is 111 Å². The van der Waals surface area contributed by atoms with E-state index in [-0.39, 0.29) is 0 Å². The molecule has 3 heteroatoms. The summed E-state index contributed by atoms with van der Waals surface area (Å²) in [7, 11) is 0. The Hall–Kier alpha value is -8.14. The number of fused-ring (bicyclic) bond motifs is 9. The molecule has 3 aromatic heterocycles. The Balaban J connectivity index is 0.907. The molecule has 64 heavy (non-hydrogen) atoms. The standard InChI is InChI=1S/C61H43N3/c1-40-13-12-24-60-61(40)54-18-6-11-23-59(54)63(60)48-35-31-44(32-36-48)46-37-45(38-49(39-46)64-57-21-9-4-16-52(57)53-17-5-10-22-58(53)64)43-27-25-41(26-28-43)42-29-33-47(34-30-42)62-55-19-7-2-14-50(55)51-15-3-8-20-56(51)62/h2-12,14-40H,13H2,1H3. The van der Waals surface area contributed by atoms with Crippen LogP contribution in [0, 0.1) is 0 Å². The normalized spacial score (nSPS) is 13.7. The van der Waals surface area contributed by atoms with Crippen LogP contribution >= 0.6 is 0 Å². The van der Waals surface area contributed by atoms with Gasteiger partial charge in [-0.05, 0) is 130 Å². The number of allylic oxidation sites excluding steroid dienone is 1. The number of benzene rings is 9. The molecule has 13 rings (SSSR count). The highest BCUT2D eigenvalue weighted by atomic mass is 15.0. The Labute approximate surface area is 372 Å². The Morgan fingerprint density at radius 1 is 0.328 bits per heavy atom. The summed E-state index contributed by atoms with van der Waals surface area (Å²) in [5, 5.41) is 6.42. The van der Waals surface area contributed by atoms with Crippen molar-refractivity contribution in [3.63, 3.8) is 0 Å². The maximum atomic E-state index is 2.44. The second-order valence-corrected chi connectivity index (χ2v) is 17.4. The summed E-state index contributed by atoms with van der Waals surface area (Å²) in [6.45, 7) is 2.35. The number of para-hydroxylation sites is 5. The van der Waals surface area contributed by atoms with E-state index in [2.05, 4.69) is 245 Å². The van der Waals surface area contributed by atoms with Gasteiger partial charge in [0.25, 0.3) is 0 Å². The zero-order chi connectivity index (χ0) is 42.3. The molecule has 1 unspecified atom stereocenters. The summed E-state index contributed by atoms with van der Waals surface area (Å²) >= 11 is 0. The van der Waals surface area contributed by atoms with Gasteiger partial charge in [-0.2, -0.15) is 0 Å². The number of hydrogen-bond acceptors (Lipinski definition) is 0. The molecule has 0 N–H and O–H groups in total. The molecule has 0 bridgehead atoms. The minimum atomic E-state index is 0.486. The van der Waals surface area contributed by atoms with Crippen LogP contribution in [-0.4, -0.2) is 13.7 Å². The second-order valence-electron chi connectivity index (χ2n) is 17.4. The predicted octanol–water partition coefficient (Wildman–Crippen LogP) is 16.3. The van der Waals surface area contributed by atoms with Crippen LogP contribution < -0.4 is 0 Å². The van der Waals surface area contributed by atoms with E-state index < -0.39 is 0 Å². The van der Waals surface area contributed by atoms with Gasteiger partial charge in [-0.25, -0.2) is 0 Å². The van der Waals surface area contributed by atoms with Gasteiger partial charge in [0.15, 0.2) is 0 Å². The molecule has 3 nitrogen and oxygen atoms in total. The molecule has 0 saturated carbocycles. The molecule has 1 aliphatic carbocycles. The minimum absolute atomic E-state index is 0.486. The highest BCUT2D eigenvalue weighted by Gasteiger charge is 2.23. The molecule has 3 heterocycles. The van der Waals surface area contributed by atoms with Crippen LogP contribution in [0.15, 0.2) is 218 Å². The van der Waals surface area contributed by atoms with Crippen LogP contribution in [0.2, 0.25) is 0 Å². The first-order valence-electron chi connectivity index (χ1n) is 22.4. The van der Waals surface area contributed by atoms with Gasteiger partial charge in [0, 0.05) is 49.7 Å². The smallest absolute Gasteiger partial charge is 0.0541 e. The van der Waals surface area contributed by atoms with Gasteiger partial charge in [0.2, 0.25) is 0 Å². The third kappa shape index (κ3) is 5.67. The van der Waals surface area contributed by atoms with Crippen LogP contribution in [0.3, 0.4) is 0 Å². The van der Waals surface area contributed by atoms with E-state index in [4.69, 9.17) is 0 Å². The van der Waals surface area contributed by atoms with E-state index in [1.165, 1.54) is 105 Å². The fourth-order valence-electron chi connectivity index (χ4n) is 10.7. The second kappa shape index (κ2) is 14.5. The van der Waals surface area contributed by atoms with Gasteiger partial charge in [-0.15, -0.1) is 0 Å². The van der Waals surface area contributed by atoms with E-state index in [0.29, 0.717) is 5.92 Å². The fourth-order valence-corrected chi connectivity index (χ4v) is 10.7. The molecule has 0 amide bonds. The molecule has 0 spiro atoms. The third-order valence-electron chi connectivity index (χ3n) is 13.7. The van der Waals surface area contributed by atoms with Gasteiger partial charge in [-0.3, -0.25) is 0 Å². The zero-order valence-electron chi connectivity index (χ0n) is 35.5. The molecule has 0 fully saturated rings. The lowest BCUT2D eigenvalue weighted by molar-refractivity contribution is 0.773. The largest absolute Gasteiger partial charge is 0.310 e. The summed E-state index contributed by atoms with van der Waals surface area (Å²) in [5.74, 6) is 0.486. The third-order valence-corrected chi connectivity index (χ3v) is 13.7. The predicted molar refractivity (Wildman–Crippen MR) is 270 cm³/mol. The van der Waals surface area contributed by atoms with Crippen LogP contribution in [0.4, 0.5) is 0 Å². The zero-order valence-corrected chi connectivity index (χ0v) is 35.5. The summed E-state index contributed by atoms with van der Waals surface area (Å²) < 4.78 is 7.26. The molecule has 0 radical (unpaired) electrons.